The summed E-state index contributed by atoms with van der Waals surface area (Å²) in [5, 5.41) is 4.04. The fourth-order valence-corrected chi connectivity index (χ4v) is 1.22. The van der Waals surface area contributed by atoms with Gasteiger partial charge in [-0.05, 0) is 22.6 Å². The molecular weight excluding hydrogens is 330 g/mol. The van der Waals surface area contributed by atoms with E-state index in [1.807, 2.05) is 17.1 Å². The van der Waals surface area contributed by atoms with E-state index >= 15 is 0 Å². The normalized spacial score (nSPS) is 9.75. The van der Waals surface area contributed by atoms with E-state index in [4.69, 9.17) is 0 Å². The maximum absolute atomic E-state index is 4.04. The standard InChI is InChI=1S/C4H4I2N2/c5-3-8-2-4(6)1-7-8/h1-2H,3H2. The van der Waals surface area contributed by atoms with E-state index in [9.17, 15) is 0 Å². The highest BCUT2D eigenvalue weighted by atomic mass is 127. The number of aromatic nitrogens is 2. The van der Waals surface area contributed by atoms with Crippen LogP contribution in [-0.2, 0) is 4.55 Å². The molecule has 0 bridgehead atoms. The van der Waals surface area contributed by atoms with Crippen molar-refractivity contribution in [2.24, 2.45) is 0 Å². The molecule has 8 heavy (non-hydrogen) atoms. The Bertz CT molecular complexity index is 172. The number of hydrogen-bond donors (Lipinski definition) is 0. The summed E-state index contributed by atoms with van der Waals surface area (Å²) in [7, 11) is 0. The van der Waals surface area contributed by atoms with Gasteiger partial charge in [0.2, 0.25) is 0 Å². The van der Waals surface area contributed by atoms with Crippen molar-refractivity contribution in [3.8, 4) is 0 Å². The SMILES string of the molecule is ICn1cc(I)cn1. The molecule has 1 rings (SSSR count). The summed E-state index contributed by atoms with van der Waals surface area (Å²) in [6.45, 7) is 0. The third kappa shape index (κ3) is 1.57. The van der Waals surface area contributed by atoms with Crippen LogP contribution in [0.2, 0.25) is 0 Å². The molecule has 2 nitrogen and oxygen atoms in total. The summed E-state index contributed by atoms with van der Waals surface area (Å²) in [4.78, 5) is 0. The average molecular weight is 334 g/mol. The van der Waals surface area contributed by atoms with Crippen molar-refractivity contribution < 1.29 is 0 Å². The molecule has 0 spiro atoms. The topological polar surface area (TPSA) is 17.8 Å². The number of halogens is 2. The van der Waals surface area contributed by atoms with E-state index in [0.29, 0.717) is 0 Å². The van der Waals surface area contributed by atoms with Gasteiger partial charge in [0, 0.05) is 6.20 Å². The molecule has 0 atom stereocenters. The van der Waals surface area contributed by atoms with Gasteiger partial charge in [-0.25, -0.2) is 0 Å². The van der Waals surface area contributed by atoms with Crippen LogP contribution < -0.4 is 0 Å². The first-order valence-corrected chi connectivity index (χ1v) is 4.67. The van der Waals surface area contributed by atoms with Crippen molar-refractivity contribution in [2.45, 2.75) is 4.55 Å². The lowest BCUT2D eigenvalue weighted by Gasteiger charge is -1.86. The van der Waals surface area contributed by atoms with Gasteiger partial charge >= 0.3 is 0 Å². The van der Waals surface area contributed by atoms with Gasteiger partial charge in [-0.15, -0.1) is 0 Å². The first-order valence-electron chi connectivity index (χ1n) is 2.07. The Labute approximate surface area is 74.9 Å². The van der Waals surface area contributed by atoms with Crippen LogP contribution in [0.1, 0.15) is 0 Å². The summed E-state index contributed by atoms with van der Waals surface area (Å²) in [6, 6.07) is 0. The average Bonchev–Trinajstić information content (AvgIpc) is 2.14. The molecule has 0 radical (unpaired) electrons. The molecule has 0 aliphatic heterocycles. The number of hydrogen-bond acceptors (Lipinski definition) is 1. The van der Waals surface area contributed by atoms with E-state index < -0.39 is 0 Å². The van der Waals surface area contributed by atoms with Gasteiger partial charge in [0.05, 0.1) is 14.3 Å². The molecule has 0 amide bonds. The molecule has 0 aromatic carbocycles. The van der Waals surface area contributed by atoms with Gasteiger partial charge < -0.3 is 0 Å². The summed E-state index contributed by atoms with van der Waals surface area (Å²) in [5.74, 6) is 0. The summed E-state index contributed by atoms with van der Waals surface area (Å²) in [6.07, 6.45) is 3.85. The van der Waals surface area contributed by atoms with Gasteiger partial charge in [0.15, 0.2) is 0 Å². The molecule has 4 heteroatoms. The first-order chi connectivity index (χ1) is 3.83. The van der Waals surface area contributed by atoms with Crippen LogP contribution in [0.5, 0.6) is 0 Å². The summed E-state index contributed by atoms with van der Waals surface area (Å²) < 4.78 is 4.02. The Morgan fingerprint density at radius 2 is 2.50 bits per heavy atom. The number of alkyl halides is 1. The van der Waals surface area contributed by atoms with E-state index in [1.165, 1.54) is 3.57 Å². The summed E-state index contributed by atoms with van der Waals surface area (Å²) >= 11 is 4.50. The molecular formula is C4H4I2N2. The van der Waals surface area contributed by atoms with Gasteiger partial charge in [-0.3, -0.25) is 4.68 Å². The highest BCUT2D eigenvalue weighted by Crippen LogP contribution is 2.01. The van der Waals surface area contributed by atoms with E-state index in [-0.39, 0.29) is 0 Å². The second-order valence-electron chi connectivity index (χ2n) is 1.32. The molecule has 0 fully saturated rings. The molecule has 1 aromatic heterocycles. The predicted octanol–water partition coefficient (Wildman–Crippen LogP) is 1.88. The van der Waals surface area contributed by atoms with Crippen molar-refractivity contribution in [1.29, 1.82) is 0 Å². The Morgan fingerprint density at radius 1 is 1.75 bits per heavy atom. The Balaban J connectivity index is 2.84. The zero-order valence-electron chi connectivity index (χ0n) is 4.01. The van der Waals surface area contributed by atoms with Gasteiger partial charge in [0.1, 0.15) is 0 Å². The second-order valence-corrected chi connectivity index (χ2v) is 3.25. The van der Waals surface area contributed by atoms with Crippen LogP contribution in [0.3, 0.4) is 0 Å². The number of rotatable bonds is 1. The van der Waals surface area contributed by atoms with E-state index in [0.717, 1.165) is 4.55 Å². The predicted molar refractivity (Wildman–Crippen MR) is 49.0 cm³/mol. The second kappa shape index (κ2) is 3.00. The molecule has 0 aliphatic carbocycles. The van der Waals surface area contributed by atoms with Crippen molar-refractivity contribution in [3.63, 3.8) is 0 Å². The Morgan fingerprint density at radius 3 is 2.75 bits per heavy atom. The maximum Gasteiger partial charge on any atom is 0.0924 e. The van der Waals surface area contributed by atoms with Crippen molar-refractivity contribution in [2.75, 3.05) is 0 Å². The third-order valence-corrected chi connectivity index (χ3v) is 1.98. The van der Waals surface area contributed by atoms with Crippen LogP contribution in [0, 0.1) is 3.57 Å². The fraction of sp³-hybridized carbons (Fsp3) is 0.250. The van der Waals surface area contributed by atoms with Crippen LogP contribution in [0.25, 0.3) is 0 Å². The number of nitrogens with zero attached hydrogens (tertiary/aromatic N) is 2. The molecule has 0 N–H and O–H groups in total. The quantitative estimate of drug-likeness (QED) is 0.567. The van der Waals surface area contributed by atoms with Crippen LogP contribution in [0.4, 0.5) is 0 Å². The maximum atomic E-state index is 4.04. The van der Waals surface area contributed by atoms with E-state index in [2.05, 4.69) is 50.3 Å². The first kappa shape index (κ1) is 6.79. The third-order valence-electron chi connectivity index (χ3n) is 0.724. The van der Waals surface area contributed by atoms with Crippen molar-refractivity contribution >= 4 is 45.2 Å². The van der Waals surface area contributed by atoms with Crippen LogP contribution in [-0.4, -0.2) is 9.78 Å². The Hall–Kier alpha value is 0.670. The molecule has 0 aliphatic rings. The smallest absolute Gasteiger partial charge is 0.0924 e. The highest BCUT2D eigenvalue weighted by molar-refractivity contribution is 14.1. The fourth-order valence-electron chi connectivity index (χ4n) is 0.404. The largest absolute Gasteiger partial charge is 0.262 e. The molecule has 44 valence electrons. The minimum Gasteiger partial charge on any atom is -0.262 e. The van der Waals surface area contributed by atoms with Crippen molar-refractivity contribution in [1.82, 2.24) is 9.78 Å². The summed E-state index contributed by atoms with van der Waals surface area (Å²) in [5.41, 5.74) is 0. The lowest BCUT2D eigenvalue weighted by Crippen LogP contribution is -1.88. The van der Waals surface area contributed by atoms with Gasteiger partial charge in [-0.1, -0.05) is 22.6 Å². The minimum atomic E-state index is 0.931. The molecule has 1 aromatic rings. The zero-order chi connectivity index (χ0) is 5.98. The van der Waals surface area contributed by atoms with Crippen LogP contribution >= 0.6 is 45.2 Å². The lowest BCUT2D eigenvalue weighted by molar-refractivity contribution is 0.767. The lowest BCUT2D eigenvalue weighted by atomic mass is 10.8. The molecule has 0 saturated carbocycles. The minimum absolute atomic E-state index is 0.931. The van der Waals surface area contributed by atoms with Crippen molar-refractivity contribution in [3.05, 3.63) is 16.0 Å². The molecule has 0 unspecified atom stereocenters. The van der Waals surface area contributed by atoms with Gasteiger partial charge in [0.25, 0.3) is 0 Å². The molecule has 1 heterocycles. The zero-order valence-corrected chi connectivity index (χ0v) is 8.33. The Kier molecular flexibility index (Phi) is 2.54. The monoisotopic (exact) mass is 334 g/mol. The van der Waals surface area contributed by atoms with Gasteiger partial charge in [-0.2, -0.15) is 5.10 Å². The molecule has 0 saturated heterocycles. The van der Waals surface area contributed by atoms with Crippen LogP contribution in [0.15, 0.2) is 12.4 Å². The van der Waals surface area contributed by atoms with E-state index in [1.54, 1.807) is 0 Å². The highest BCUT2D eigenvalue weighted by Gasteiger charge is 1.88.